The van der Waals surface area contributed by atoms with Gasteiger partial charge in [-0.15, -0.1) is 0 Å². The summed E-state index contributed by atoms with van der Waals surface area (Å²) < 4.78 is 5.69. The van der Waals surface area contributed by atoms with Crippen LogP contribution in [0.5, 0.6) is 0 Å². The number of fused-ring (bicyclic) bond motifs is 1. The summed E-state index contributed by atoms with van der Waals surface area (Å²) in [6.07, 6.45) is 0. The van der Waals surface area contributed by atoms with E-state index in [0.29, 0.717) is 22.6 Å². The average molecular weight is 385 g/mol. The number of rotatable bonds is 4. The lowest BCUT2D eigenvalue weighted by Crippen LogP contribution is -2.19. The predicted octanol–water partition coefficient (Wildman–Crippen LogP) is 5.64. The number of carbonyl (C=O) groups is 2. The van der Waals surface area contributed by atoms with Crippen LogP contribution in [0.4, 0.5) is 21.9 Å². The Morgan fingerprint density at radius 3 is 1.90 bits per heavy atom. The summed E-state index contributed by atoms with van der Waals surface area (Å²) in [5, 5.41) is 9.23. The van der Waals surface area contributed by atoms with Crippen molar-refractivity contribution in [3.63, 3.8) is 0 Å². The Bertz CT molecular complexity index is 1170. The molecule has 6 heteroatoms. The summed E-state index contributed by atoms with van der Waals surface area (Å²) in [5.74, 6) is -0.0307. The molecule has 0 radical (unpaired) electrons. The highest BCUT2D eigenvalue weighted by Crippen LogP contribution is 2.26. The van der Waals surface area contributed by atoms with Gasteiger partial charge in [-0.25, -0.2) is 4.79 Å². The molecule has 0 unspecified atom stereocenters. The summed E-state index contributed by atoms with van der Waals surface area (Å²) in [4.78, 5) is 24.6. The molecule has 4 rings (SSSR count). The van der Waals surface area contributed by atoms with E-state index >= 15 is 0 Å². The van der Waals surface area contributed by atoms with Crippen LogP contribution < -0.4 is 16.0 Å². The van der Waals surface area contributed by atoms with E-state index in [4.69, 9.17) is 4.42 Å². The highest BCUT2D eigenvalue weighted by Gasteiger charge is 2.17. The molecule has 0 aliphatic heterocycles. The molecule has 6 nitrogen and oxygen atoms in total. The molecular formula is C23H19N3O3. The first-order valence-electron chi connectivity index (χ1n) is 9.13. The van der Waals surface area contributed by atoms with Gasteiger partial charge >= 0.3 is 6.03 Å². The Balaban J connectivity index is 1.40. The fourth-order valence-corrected chi connectivity index (χ4v) is 3.03. The molecule has 0 saturated carbocycles. The van der Waals surface area contributed by atoms with Gasteiger partial charge in [-0.1, -0.05) is 36.4 Å². The quantitative estimate of drug-likeness (QED) is 0.425. The number of nitrogens with one attached hydrogen (secondary N) is 3. The van der Waals surface area contributed by atoms with E-state index in [1.54, 1.807) is 36.4 Å². The first-order valence-corrected chi connectivity index (χ1v) is 9.13. The van der Waals surface area contributed by atoms with Gasteiger partial charge in [-0.3, -0.25) is 4.79 Å². The maximum absolute atomic E-state index is 12.6. The third kappa shape index (κ3) is 4.11. The number of para-hydroxylation sites is 2. The zero-order valence-electron chi connectivity index (χ0n) is 15.7. The third-order valence-corrected chi connectivity index (χ3v) is 4.48. The van der Waals surface area contributed by atoms with Gasteiger partial charge in [0.2, 0.25) is 0 Å². The molecule has 0 spiro atoms. The summed E-state index contributed by atoms with van der Waals surface area (Å²) in [6, 6.07) is 23.2. The van der Waals surface area contributed by atoms with Gasteiger partial charge in [0.25, 0.3) is 5.91 Å². The number of benzene rings is 3. The van der Waals surface area contributed by atoms with E-state index in [-0.39, 0.29) is 17.7 Å². The second-order valence-corrected chi connectivity index (χ2v) is 6.53. The summed E-state index contributed by atoms with van der Waals surface area (Å²) in [6.45, 7) is 1.86. The largest absolute Gasteiger partial charge is 0.451 e. The molecule has 0 atom stereocenters. The molecule has 1 aromatic heterocycles. The zero-order valence-corrected chi connectivity index (χ0v) is 15.7. The highest BCUT2D eigenvalue weighted by molar-refractivity contribution is 6.06. The lowest BCUT2D eigenvalue weighted by Gasteiger charge is -2.09. The van der Waals surface area contributed by atoms with Crippen LogP contribution in [0, 0.1) is 6.92 Å². The minimum Gasteiger partial charge on any atom is -0.451 e. The molecule has 3 amide bonds. The van der Waals surface area contributed by atoms with Gasteiger partial charge in [-0.2, -0.15) is 0 Å². The second-order valence-electron chi connectivity index (χ2n) is 6.53. The molecule has 0 aliphatic rings. The van der Waals surface area contributed by atoms with Crippen molar-refractivity contribution in [3.8, 4) is 0 Å². The molecule has 0 bridgehead atoms. The van der Waals surface area contributed by atoms with Gasteiger partial charge in [0.05, 0.1) is 0 Å². The van der Waals surface area contributed by atoms with Crippen LogP contribution in [0.2, 0.25) is 0 Å². The van der Waals surface area contributed by atoms with Gasteiger partial charge in [-0.05, 0) is 49.4 Å². The van der Waals surface area contributed by atoms with Gasteiger partial charge < -0.3 is 20.4 Å². The normalized spacial score (nSPS) is 10.5. The molecule has 0 fully saturated rings. The molecule has 29 heavy (non-hydrogen) atoms. The van der Waals surface area contributed by atoms with E-state index in [1.165, 1.54) is 0 Å². The number of carbonyl (C=O) groups excluding carboxylic acids is 2. The SMILES string of the molecule is Cc1c(C(=O)Nc2ccc(NC(=O)Nc3ccccc3)cc2)oc2ccccc12. The van der Waals surface area contributed by atoms with Crippen LogP contribution in [-0.4, -0.2) is 11.9 Å². The molecule has 3 aromatic carbocycles. The number of furan rings is 1. The predicted molar refractivity (Wildman–Crippen MR) is 114 cm³/mol. The molecule has 0 saturated heterocycles. The molecule has 3 N–H and O–H groups in total. The third-order valence-electron chi connectivity index (χ3n) is 4.48. The van der Waals surface area contributed by atoms with Crippen LogP contribution in [0.25, 0.3) is 11.0 Å². The summed E-state index contributed by atoms with van der Waals surface area (Å²) in [7, 11) is 0. The first kappa shape index (κ1) is 18.3. The number of hydrogen-bond acceptors (Lipinski definition) is 3. The van der Waals surface area contributed by atoms with E-state index < -0.39 is 0 Å². The van der Waals surface area contributed by atoms with Gasteiger partial charge in [0.15, 0.2) is 5.76 Å². The van der Waals surface area contributed by atoms with Crippen LogP contribution in [0.15, 0.2) is 83.3 Å². The molecule has 144 valence electrons. The molecular weight excluding hydrogens is 366 g/mol. The van der Waals surface area contributed by atoms with E-state index in [0.717, 1.165) is 10.9 Å². The zero-order chi connectivity index (χ0) is 20.2. The molecule has 4 aromatic rings. The topological polar surface area (TPSA) is 83.4 Å². The summed E-state index contributed by atoms with van der Waals surface area (Å²) >= 11 is 0. The first-order chi connectivity index (χ1) is 14.1. The maximum Gasteiger partial charge on any atom is 0.323 e. The standard InChI is InChI=1S/C23H19N3O3/c1-15-19-9-5-6-10-20(19)29-21(15)22(27)24-17-11-13-18(14-12-17)26-23(28)25-16-7-3-2-4-8-16/h2-14H,1H3,(H,24,27)(H2,25,26,28). The van der Waals surface area contributed by atoms with Crippen molar-refractivity contribution in [1.29, 1.82) is 0 Å². The molecule has 0 aliphatic carbocycles. The van der Waals surface area contributed by atoms with Crippen molar-refractivity contribution < 1.29 is 14.0 Å². The minimum atomic E-state index is -0.342. The van der Waals surface area contributed by atoms with Crippen molar-refractivity contribution >= 4 is 40.0 Å². The Morgan fingerprint density at radius 1 is 0.690 bits per heavy atom. The fourth-order valence-electron chi connectivity index (χ4n) is 3.03. The molecule has 1 heterocycles. The fraction of sp³-hybridized carbons (Fsp3) is 0.0435. The Kier molecular flexibility index (Phi) is 4.99. The highest BCUT2D eigenvalue weighted by atomic mass is 16.3. The van der Waals surface area contributed by atoms with Crippen LogP contribution >= 0.6 is 0 Å². The Hall–Kier alpha value is -4.06. The van der Waals surface area contributed by atoms with Gasteiger partial charge in [0, 0.05) is 28.0 Å². The lowest BCUT2D eigenvalue weighted by molar-refractivity contribution is 0.0998. The van der Waals surface area contributed by atoms with E-state index in [2.05, 4.69) is 16.0 Å². The number of aryl methyl sites for hydroxylation is 1. The van der Waals surface area contributed by atoms with Crippen molar-refractivity contribution in [2.24, 2.45) is 0 Å². The smallest absolute Gasteiger partial charge is 0.323 e. The number of amides is 3. The van der Waals surface area contributed by atoms with Crippen molar-refractivity contribution in [2.75, 3.05) is 16.0 Å². The lowest BCUT2D eigenvalue weighted by atomic mass is 10.1. The average Bonchev–Trinajstić information content (AvgIpc) is 3.07. The van der Waals surface area contributed by atoms with Crippen molar-refractivity contribution in [1.82, 2.24) is 0 Å². The van der Waals surface area contributed by atoms with Crippen LogP contribution in [0.1, 0.15) is 16.1 Å². The van der Waals surface area contributed by atoms with Gasteiger partial charge in [0.1, 0.15) is 5.58 Å². The monoisotopic (exact) mass is 385 g/mol. The van der Waals surface area contributed by atoms with Crippen LogP contribution in [-0.2, 0) is 0 Å². The summed E-state index contributed by atoms with van der Waals surface area (Å²) in [5.41, 5.74) is 3.39. The van der Waals surface area contributed by atoms with Crippen LogP contribution in [0.3, 0.4) is 0 Å². The Labute approximate surface area is 167 Å². The second kappa shape index (κ2) is 7.90. The number of hydrogen-bond donors (Lipinski definition) is 3. The number of urea groups is 1. The van der Waals surface area contributed by atoms with E-state index in [9.17, 15) is 9.59 Å². The van der Waals surface area contributed by atoms with Crippen molar-refractivity contribution in [3.05, 3.63) is 90.2 Å². The maximum atomic E-state index is 12.6. The Morgan fingerprint density at radius 2 is 1.24 bits per heavy atom. The van der Waals surface area contributed by atoms with E-state index in [1.807, 2.05) is 49.4 Å². The number of anilines is 3. The minimum absolute atomic E-state index is 0.288. The van der Waals surface area contributed by atoms with Crippen molar-refractivity contribution in [2.45, 2.75) is 6.92 Å².